The molecule has 0 amide bonds. The first-order valence-corrected chi connectivity index (χ1v) is 9.71. The highest BCUT2D eigenvalue weighted by Crippen LogP contribution is 2.32. The van der Waals surface area contributed by atoms with Gasteiger partial charge in [-0.15, -0.1) is 0 Å². The minimum atomic E-state index is -4.63. The Hall–Kier alpha value is -3.48. The number of hydrogen-bond donors (Lipinski definition) is 1. The first-order valence-electron chi connectivity index (χ1n) is 9.33. The SMILES string of the molecule is COc1cc(C(F)(F)F)nn1-c1ccc(Cn2c(=N)n(CC(F)F)c3cnc(Cl)nc32)cc1. The summed E-state index contributed by atoms with van der Waals surface area (Å²) in [5.41, 5.74) is 0.0456. The van der Waals surface area contributed by atoms with Crippen LogP contribution in [0.5, 0.6) is 5.88 Å². The van der Waals surface area contributed by atoms with Crippen molar-refractivity contribution in [2.45, 2.75) is 25.7 Å². The van der Waals surface area contributed by atoms with E-state index in [1.807, 2.05) is 0 Å². The molecule has 0 spiro atoms. The summed E-state index contributed by atoms with van der Waals surface area (Å²) in [6.45, 7) is -0.643. The summed E-state index contributed by atoms with van der Waals surface area (Å²) in [6, 6.07) is 7.05. The van der Waals surface area contributed by atoms with Crippen molar-refractivity contribution in [2.24, 2.45) is 0 Å². The maximum absolute atomic E-state index is 13.0. The maximum atomic E-state index is 13.0. The van der Waals surface area contributed by atoms with Crippen LogP contribution in [0.2, 0.25) is 5.28 Å². The lowest BCUT2D eigenvalue weighted by atomic mass is 10.2. The Morgan fingerprint density at radius 2 is 1.85 bits per heavy atom. The zero-order valence-corrected chi connectivity index (χ0v) is 17.6. The van der Waals surface area contributed by atoms with Crippen LogP contribution in [0.15, 0.2) is 36.5 Å². The molecule has 3 aromatic heterocycles. The summed E-state index contributed by atoms with van der Waals surface area (Å²) in [5, 5.41) is 11.8. The lowest BCUT2D eigenvalue weighted by Crippen LogP contribution is -2.27. The highest BCUT2D eigenvalue weighted by molar-refractivity contribution is 6.28. The fourth-order valence-corrected chi connectivity index (χ4v) is 3.45. The van der Waals surface area contributed by atoms with E-state index in [1.165, 1.54) is 30.0 Å². The van der Waals surface area contributed by atoms with Gasteiger partial charge in [0.05, 0.1) is 32.1 Å². The molecule has 14 heteroatoms. The van der Waals surface area contributed by atoms with E-state index >= 15 is 0 Å². The molecule has 0 atom stereocenters. The van der Waals surface area contributed by atoms with Crippen LogP contribution in [0, 0.1) is 5.41 Å². The Bertz CT molecular complexity index is 1360. The lowest BCUT2D eigenvalue weighted by Gasteiger charge is -2.08. The van der Waals surface area contributed by atoms with Gasteiger partial charge in [-0.2, -0.15) is 23.3 Å². The van der Waals surface area contributed by atoms with E-state index in [0.717, 1.165) is 15.3 Å². The third-order valence-electron chi connectivity index (χ3n) is 4.80. The first kappa shape index (κ1) is 22.7. The molecule has 0 saturated heterocycles. The van der Waals surface area contributed by atoms with E-state index in [-0.39, 0.29) is 34.5 Å². The van der Waals surface area contributed by atoms with Crippen LogP contribution in [-0.2, 0) is 19.3 Å². The smallest absolute Gasteiger partial charge is 0.435 e. The van der Waals surface area contributed by atoms with Crippen molar-refractivity contribution in [3.05, 3.63) is 58.7 Å². The molecule has 0 radical (unpaired) electrons. The van der Waals surface area contributed by atoms with Gasteiger partial charge in [-0.25, -0.2) is 18.4 Å². The second kappa shape index (κ2) is 8.46. The van der Waals surface area contributed by atoms with Crippen LogP contribution in [0.1, 0.15) is 11.3 Å². The summed E-state index contributed by atoms with van der Waals surface area (Å²) in [4.78, 5) is 7.88. The van der Waals surface area contributed by atoms with E-state index in [1.54, 1.807) is 12.1 Å². The van der Waals surface area contributed by atoms with Crippen LogP contribution < -0.4 is 10.4 Å². The quantitative estimate of drug-likeness (QED) is 0.330. The van der Waals surface area contributed by atoms with E-state index in [0.29, 0.717) is 11.3 Å². The number of halogens is 6. The van der Waals surface area contributed by atoms with Crippen LogP contribution in [-0.4, -0.2) is 42.4 Å². The largest absolute Gasteiger partial charge is 0.481 e. The van der Waals surface area contributed by atoms with E-state index in [9.17, 15) is 22.0 Å². The van der Waals surface area contributed by atoms with Gasteiger partial charge in [0.1, 0.15) is 5.52 Å². The molecule has 0 aliphatic heterocycles. The number of imidazole rings is 1. The molecule has 0 bridgehead atoms. The average Bonchev–Trinajstić information content (AvgIpc) is 3.30. The average molecular weight is 488 g/mol. The number of nitrogens with one attached hydrogen (secondary N) is 1. The second-order valence-electron chi connectivity index (χ2n) is 6.91. The fourth-order valence-electron chi connectivity index (χ4n) is 3.33. The van der Waals surface area contributed by atoms with Gasteiger partial charge in [-0.3, -0.25) is 9.98 Å². The third kappa shape index (κ3) is 4.40. The molecule has 0 aliphatic rings. The van der Waals surface area contributed by atoms with Gasteiger partial charge in [-0.05, 0) is 29.3 Å². The summed E-state index contributed by atoms with van der Waals surface area (Å²) in [7, 11) is 1.23. The number of ether oxygens (including phenoxy) is 1. The molecule has 1 N–H and O–H groups in total. The maximum Gasteiger partial charge on any atom is 0.435 e. The lowest BCUT2D eigenvalue weighted by molar-refractivity contribution is -0.141. The van der Waals surface area contributed by atoms with Crippen LogP contribution >= 0.6 is 11.6 Å². The predicted octanol–water partition coefficient (Wildman–Crippen LogP) is 3.89. The van der Waals surface area contributed by atoms with E-state index in [4.69, 9.17) is 21.7 Å². The van der Waals surface area contributed by atoms with Crippen molar-refractivity contribution in [3.8, 4) is 11.6 Å². The number of benzene rings is 1. The number of alkyl halides is 5. The monoisotopic (exact) mass is 487 g/mol. The zero-order valence-electron chi connectivity index (χ0n) is 16.8. The molecule has 3 heterocycles. The van der Waals surface area contributed by atoms with Gasteiger partial charge < -0.3 is 9.30 Å². The van der Waals surface area contributed by atoms with Crippen molar-refractivity contribution < 1.29 is 26.7 Å². The van der Waals surface area contributed by atoms with Crippen LogP contribution in [0.3, 0.4) is 0 Å². The van der Waals surface area contributed by atoms with Crippen molar-refractivity contribution in [1.82, 2.24) is 28.9 Å². The summed E-state index contributed by atoms with van der Waals surface area (Å²) in [5.74, 6) is -0.0979. The minimum absolute atomic E-state index is 0.0727. The van der Waals surface area contributed by atoms with Crippen molar-refractivity contribution in [3.63, 3.8) is 0 Å². The van der Waals surface area contributed by atoms with E-state index < -0.39 is 24.8 Å². The van der Waals surface area contributed by atoms with Gasteiger partial charge in [0.25, 0.3) is 6.43 Å². The molecule has 1 aromatic carbocycles. The van der Waals surface area contributed by atoms with Crippen LogP contribution in [0.25, 0.3) is 16.9 Å². The number of methoxy groups -OCH3 is 1. The normalized spacial score (nSPS) is 12.1. The van der Waals surface area contributed by atoms with Gasteiger partial charge in [0.15, 0.2) is 11.3 Å². The molecule has 8 nitrogen and oxygen atoms in total. The van der Waals surface area contributed by atoms with Gasteiger partial charge in [-0.1, -0.05) is 12.1 Å². The molecule has 4 aromatic rings. The Balaban J connectivity index is 1.70. The van der Waals surface area contributed by atoms with Gasteiger partial charge >= 0.3 is 6.18 Å². The van der Waals surface area contributed by atoms with Crippen LogP contribution in [0.4, 0.5) is 22.0 Å². The molecule has 174 valence electrons. The topological polar surface area (TPSA) is 86.5 Å². The Morgan fingerprint density at radius 1 is 1.15 bits per heavy atom. The third-order valence-corrected chi connectivity index (χ3v) is 4.98. The Kier molecular flexibility index (Phi) is 5.82. The van der Waals surface area contributed by atoms with E-state index in [2.05, 4.69) is 15.1 Å². The molecule has 0 unspecified atom stereocenters. The highest BCUT2D eigenvalue weighted by Gasteiger charge is 2.35. The predicted molar refractivity (Wildman–Crippen MR) is 107 cm³/mol. The standard InChI is InChI=1S/C19H15ClF5N7O/c1-33-15-6-13(19(23,24)25)29-32(15)11-4-2-10(3-5-11)8-31-16-12(7-27-17(20)28-16)30(18(31)26)9-14(21)22/h2-7,14,26H,8-9H2,1H3. The first-order chi connectivity index (χ1) is 15.6. The molecule has 0 aliphatic carbocycles. The fraction of sp³-hybridized carbons (Fsp3) is 0.263. The number of aromatic nitrogens is 6. The number of hydrogen-bond acceptors (Lipinski definition) is 5. The van der Waals surface area contributed by atoms with Gasteiger partial charge in [0.2, 0.25) is 16.8 Å². The Labute approximate surface area is 187 Å². The number of fused-ring (bicyclic) bond motifs is 1. The Morgan fingerprint density at radius 3 is 2.45 bits per heavy atom. The molecule has 33 heavy (non-hydrogen) atoms. The van der Waals surface area contributed by atoms with Crippen molar-refractivity contribution in [1.29, 1.82) is 5.41 Å². The second-order valence-corrected chi connectivity index (χ2v) is 7.25. The summed E-state index contributed by atoms with van der Waals surface area (Å²) in [6.07, 6.45) is -6.05. The molecule has 0 fully saturated rings. The highest BCUT2D eigenvalue weighted by atomic mass is 35.5. The number of nitrogens with zero attached hydrogens (tertiary/aromatic N) is 6. The number of rotatable bonds is 6. The minimum Gasteiger partial charge on any atom is -0.481 e. The molecule has 0 saturated carbocycles. The zero-order chi connectivity index (χ0) is 23.9. The van der Waals surface area contributed by atoms with Crippen molar-refractivity contribution in [2.75, 3.05) is 7.11 Å². The molecular weight excluding hydrogens is 473 g/mol. The van der Waals surface area contributed by atoms with Gasteiger partial charge in [0, 0.05) is 6.07 Å². The summed E-state index contributed by atoms with van der Waals surface area (Å²) < 4.78 is 73.5. The summed E-state index contributed by atoms with van der Waals surface area (Å²) >= 11 is 5.86. The van der Waals surface area contributed by atoms with Crippen molar-refractivity contribution >= 4 is 22.8 Å². The molecular formula is C19H15ClF5N7O. The molecule has 4 rings (SSSR count).